The van der Waals surface area contributed by atoms with Gasteiger partial charge in [0.2, 0.25) is 0 Å². The van der Waals surface area contributed by atoms with E-state index in [9.17, 15) is 0 Å². The van der Waals surface area contributed by atoms with E-state index in [0.29, 0.717) is 19.1 Å². The van der Waals surface area contributed by atoms with Gasteiger partial charge >= 0.3 is 0 Å². The number of ether oxygens (including phenoxy) is 1. The summed E-state index contributed by atoms with van der Waals surface area (Å²) in [6, 6.07) is 1.97. The van der Waals surface area contributed by atoms with Crippen LogP contribution in [-0.2, 0) is 17.9 Å². The third kappa shape index (κ3) is 3.16. The maximum absolute atomic E-state index is 5.52. The van der Waals surface area contributed by atoms with Gasteiger partial charge in [0.15, 0.2) is 0 Å². The van der Waals surface area contributed by atoms with Crippen LogP contribution in [0.4, 0.5) is 0 Å². The van der Waals surface area contributed by atoms with Gasteiger partial charge in [0.1, 0.15) is 11.5 Å². The van der Waals surface area contributed by atoms with E-state index in [2.05, 4.69) is 13.8 Å². The molecule has 1 rings (SSSR count). The average Bonchev–Trinajstić information content (AvgIpc) is 2.47. The highest BCUT2D eigenvalue weighted by molar-refractivity contribution is 5.19. The maximum atomic E-state index is 5.52. The fraction of sp³-hybridized carbons (Fsp3) is 0.636. The van der Waals surface area contributed by atoms with Crippen molar-refractivity contribution >= 4 is 0 Å². The third-order valence-corrected chi connectivity index (χ3v) is 1.98. The third-order valence-electron chi connectivity index (χ3n) is 1.98. The van der Waals surface area contributed by atoms with Gasteiger partial charge in [-0.2, -0.15) is 0 Å². The molecule has 0 aliphatic carbocycles. The van der Waals surface area contributed by atoms with Gasteiger partial charge in [-0.1, -0.05) is 13.8 Å². The highest BCUT2D eigenvalue weighted by Gasteiger charge is 2.06. The fourth-order valence-electron chi connectivity index (χ4n) is 1.24. The SMILES string of the molecule is Cc1oc(CN)cc1COCC(C)C. The molecule has 0 saturated heterocycles. The Balaban J connectivity index is 2.45. The van der Waals surface area contributed by atoms with Crippen molar-refractivity contribution in [3.05, 3.63) is 23.2 Å². The molecule has 0 fully saturated rings. The summed E-state index contributed by atoms with van der Waals surface area (Å²) in [4.78, 5) is 0. The average molecular weight is 197 g/mol. The van der Waals surface area contributed by atoms with Crippen LogP contribution in [-0.4, -0.2) is 6.61 Å². The van der Waals surface area contributed by atoms with Gasteiger partial charge < -0.3 is 14.9 Å². The van der Waals surface area contributed by atoms with Gasteiger partial charge in [0, 0.05) is 12.2 Å². The summed E-state index contributed by atoms with van der Waals surface area (Å²) in [6.07, 6.45) is 0. The molecule has 3 heteroatoms. The normalized spacial score (nSPS) is 11.2. The Morgan fingerprint density at radius 1 is 1.50 bits per heavy atom. The zero-order valence-corrected chi connectivity index (χ0v) is 9.17. The van der Waals surface area contributed by atoms with Gasteiger partial charge in [0.05, 0.1) is 13.2 Å². The Labute approximate surface area is 85.2 Å². The quantitative estimate of drug-likeness (QED) is 0.787. The summed E-state index contributed by atoms with van der Waals surface area (Å²) < 4.78 is 10.9. The maximum Gasteiger partial charge on any atom is 0.118 e. The summed E-state index contributed by atoms with van der Waals surface area (Å²) in [6.45, 7) is 8.05. The lowest BCUT2D eigenvalue weighted by molar-refractivity contribution is 0.0962. The van der Waals surface area contributed by atoms with Crippen molar-refractivity contribution in [3.8, 4) is 0 Å². The number of hydrogen-bond donors (Lipinski definition) is 1. The Bertz CT molecular complexity index is 279. The first-order valence-corrected chi connectivity index (χ1v) is 4.99. The minimum atomic E-state index is 0.449. The predicted octanol–water partition coefficient (Wildman–Crippen LogP) is 2.22. The Morgan fingerprint density at radius 3 is 2.71 bits per heavy atom. The second-order valence-electron chi connectivity index (χ2n) is 3.91. The predicted molar refractivity (Wildman–Crippen MR) is 55.8 cm³/mol. The molecule has 1 heterocycles. The first-order chi connectivity index (χ1) is 6.63. The summed E-state index contributed by atoms with van der Waals surface area (Å²) in [7, 11) is 0. The van der Waals surface area contributed by atoms with E-state index in [-0.39, 0.29) is 0 Å². The summed E-state index contributed by atoms with van der Waals surface area (Å²) in [5.74, 6) is 2.30. The molecule has 0 aliphatic rings. The van der Waals surface area contributed by atoms with Crippen LogP contribution in [0.5, 0.6) is 0 Å². The van der Waals surface area contributed by atoms with Crippen LogP contribution in [0, 0.1) is 12.8 Å². The molecule has 0 saturated carbocycles. The van der Waals surface area contributed by atoms with E-state index in [0.717, 1.165) is 23.7 Å². The lowest BCUT2D eigenvalue weighted by Gasteiger charge is -2.05. The molecule has 3 nitrogen and oxygen atoms in total. The van der Waals surface area contributed by atoms with Crippen molar-refractivity contribution in [3.63, 3.8) is 0 Å². The van der Waals surface area contributed by atoms with Crippen molar-refractivity contribution in [1.82, 2.24) is 0 Å². The molecule has 14 heavy (non-hydrogen) atoms. The van der Waals surface area contributed by atoms with E-state index in [1.807, 2.05) is 13.0 Å². The molecule has 0 aromatic carbocycles. The van der Waals surface area contributed by atoms with E-state index in [1.54, 1.807) is 0 Å². The topological polar surface area (TPSA) is 48.4 Å². The van der Waals surface area contributed by atoms with Crippen molar-refractivity contribution < 1.29 is 9.15 Å². The van der Waals surface area contributed by atoms with Gasteiger partial charge in [-0.25, -0.2) is 0 Å². The summed E-state index contributed by atoms with van der Waals surface area (Å²) >= 11 is 0. The molecule has 0 unspecified atom stereocenters. The lowest BCUT2D eigenvalue weighted by Crippen LogP contribution is -2.01. The Kier molecular flexibility index (Phi) is 4.17. The van der Waals surface area contributed by atoms with Crippen LogP contribution < -0.4 is 5.73 Å². The van der Waals surface area contributed by atoms with Crippen molar-refractivity contribution in [1.29, 1.82) is 0 Å². The molecule has 0 atom stereocenters. The number of furan rings is 1. The summed E-state index contributed by atoms with van der Waals surface area (Å²) in [5, 5.41) is 0. The smallest absolute Gasteiger partial charge is 0.118 e. The van der Waals surface area contributed by atoms with E-state index < -0.39 is 0 Å². The van der Waals surface area contributed by atoms with E-state index >= 15 is 0 Å². The van der Waals surface area contributed by atoms with E-state index in [1.165, 1.54) is 0 Å². The highest BCUT2D eigenvalue weighted by Crippen LogP contribution is 2.15. The second kappa shape index (κ2) is 5.17. The van der Waals surface area contributed by atoms with Gasteiger partial charge in [0.25, 0.3) is 0 Å². The second-order valence-corrected chi connectivity index (χ2v) is 3.91. The monoisotopic (exact) mass is 197 g/mol. The number of hydrogen-bond acceptors (Lipinski definition) is 3. The van der Waals surface area contributed by atoms with Crippen molar-refractivity contribution in [2.24, 2.45) is 11.7 Å². The van der Waals surface area contributed by atoms with E-state index in [4.69, 9.17) is 14.9 Å². The Morgan fingerprint density at radius 2 is 2.21 bits per heavy atom. The molecule has 1 aromatic rings. The minimum absolute atomic E-state index is 0.449. The van der Waals surface area contributed by atoms with Crippen molar-refractivity contribution in [2.75, 3.05) is 6.61 Å². The van der Waals surface area contributed by atoms with Gasteiger partial charge in [-0.3, -0.25) is 0 Å². The lowest BCUT2D eigenvalue weighted by atomic mass is 10.2. The molecule has 0 radical (unpaired) electrons. The molecular formula is C11H19NO2. The summed E-state index contributed by atoms with van der Waals surface area (Å²) in [5.41, 5.74) is 6.58. The van der Waals surface area contributed by atoms with Crippen LogP contribution in [0.15, 0.2) is 10.5 Å². The molecule has 1 aromatic heterocycles. The first-order valence-electron chi connectivity index (χ1n) is 4.99. The van der Waals surface area contributed by atoms with Gasteiger partial charge in [-0.05, 0) is 18.9 Å². The first kappa shape index (κ1) is 11.3. The van der Waals surface area contributed by atoms with Gasteiger partial charge in [-0.15, -0.1) is 0 Å². The largest absolute Gasteiger partial charge is 0.465 e. The Hall–Kier alpha value is -0.800. The van der Waals surface area contributed by atoms with Crippen molar-refractivity contribution in [2.45, 2.75) is 33.9 Å². The minimum Gasteiger partial charge on any atom is -0.465 e. The number of nitrogens with two attached hydrogens (primary N) is 1. The number of aryl methyl sites for hydroxylation is 1. The zero-order valence-electron chi connectivity index (χ0n) is 9.17. The fourth-order valence-corrected chi connectivity index (χ4v) is 1.24. The van der Waals surface area contributed by atoms with Crippen LogP contribution in [0.1, 0.15) is 30.9 Å². The molecule has 2 N–H and O–H groups in total. The van der Waals surface area contributed by atoms with Crippen LogP contribution in [0.3, 0.4) is 0 Å². The molecule has 80 valence electrons. The zero-order chi connectivity index (χ0) is 10.6. The molecule has 0 aliphatic heterocycles. The van der Waals surface area contributed by atoms with Crippen LogP contribution >= 0.6 is 0 Å². The standard InChI is InChI=1S/C11H19NO2/c1-8(2)6-13-7-10-4-11(5-12)14-9(10)3/h4,8H,5-7,12H2,1-3H3. The van der Waals surface area contributed by atoms with Crippen LogP contribution in [0.2, 0.25) is 0 Å². The highest BCUT2D eigenvalue weighted by atomic mass is 16.5. The molecular weight excluding hydrogens is 178 g/mol. The molecule has 0 spiro atoms. The van der Waals surface area contributed by atoms with Crippen LogP contribution in [0.25, 0.3) is 0 Å². The number of rotatable bonds is 5. The molecule has 0 bridgehead atoms. The molecule has 0 amide bonds.